The lowest BCUT2D eigenvalue weighted by Crippen LogP contribution is -2.30. The lowest BCUT2D eigenvalue weighted by Gasteiger charge is -2.24. The molecule has 1 rings (SSSR count). The molecule has 1 N–H and O–H groups in total. The van der Waals surface area contributed by atoms with Crippen LogP contribution in [0.15, 0.2) is 18.2 Å². The number of benzene rings is 1. The summed E-state index contributed by atoms with van der Waals surface area (Å²) < 4.78 is 11.1. The van der Waals surface area contributed by atoms with Crippen molar-refractivity contribution >= 4 is 5.69 Å². The van der Waals surface area contributed by atoms with Gasteiger partial charge in [-0.2, -0.15) is 0 Å². The summed E-state index contributed by atoms with van der Waals surface area (Å²) in [5.74, 6) is 1.43. The molecule has 108 valence electrons. The van der Waals surface area contributed by atoms with Gasteiger partial charge < -0.3 is 14.8 Å². The maximum Gasteiger partial charge on any atom is 0.142 e. The van der Waals surface area contributed by atoms with Gasteiger partial charge in [0.15, 0.2) is 0 Å². The molecule has 0 heterocycles. The Bertz CT molecular complexity index is 377. The molecule has 0 bridgehead atoms. The van der Waals surface area contributed by atoms with Crippen LogP contribution in [-0.2, 0) is 4.74 Å². The summed E-state index contributed by atoms with van der Waals surface area (Å²) in [6, 6.07) is 6.57. The molecular weight excluding hydrogens is 238 g/mol. The summed E-state index contributed by atoms with van der Waals surface area (Å²) in [7, 11) is 1.74. The Balaban J connectivity index is 2.85. The van der Waals surface area contributed by atoms with Crippen LogP contribution in [0, 0.1) is 12.8 Å². The van der Waals surface area contributed by atoms with Crippen LogP contribution in [0.1, 0.15) is 32.8 Å². The van der Waals surface area contributed by atoms with E-state index in [-0.39, 0.29) is 6.04 Å². The van der Waals surface area contributed by atoms with Crippen LogP contribution >= 0.6 is 0 Å². The molecule has 1 aromatic rings. The fourth-order valence-electron chi connectivity index (χ4n) is 1.86. The first-order chi connectivity index (χ1) is 9.08. The van der Waals surface area contributed by atoms with Crippen molar-refractivity contribution in [2.75, 3.05) is 25.6 Å². The van der Waals surface area contributed by atoms with E-state index in [0.29, 0.717) is 12.5 Å². The second kappa shape index (κ2) is 8.05. The Morgan fingerprint density at radius 2 is 2.00 bits per heavy atom. The molecule has 3 heteroatoms. The van der Waals surface area contributed by atoms with Gasteiger partial charge in [-0.15, -0.1) is 0 Å². The Morgan fingerprint density at radius 3 is 2.58 bits per heavy atom. The smallest absolute Gasteiger partial charge is 0.142 e. The van der Waals surface area contributed by atoms with Gasteiger partial charge in [-0.25, -0.2) is 0 Å². The van der Waals surface area contributed by atoms with Crippen LogP contribution in [-0.4, -0.2) is 26.4 Å². The number of anilines is 1. The van der Waals surface area contributed by atoms with E-state index >= 15 is 0 Å². The van der Waals surface area contributed by atoms with Gasteiger partial charge in [-0.05, 0) is 37.0 Å². The van der Waals surface area contributed by atoms with E-state index in [1.54, 1.807) is 7.11 Å². The average Bonchev–Trinajstić information content (AvgIpc) is 2.37. The maximum absolute atomic E-state index is 5.82. The summed E-state index contributed by atoms with van der Waals surface area (Å²) in [6.07, 6.45) is 1.01. The van der Waals surface area contributed by atoms with Crippen LogP contribution in [0.2, 0.25) is 0 Å². The van der Waals surface area contributed by atoms with E-state index in [1.165, 1.54) is 5.56 Å². The molecule has 0 aliphatic heterocycles. The molecule has 0 aliphatic carbocycles. The average molecular weight is 265 g/mol. The summed E-state index contributed by atoms with van der Waals surface area (Å²) in [6.45, 7) is 10.0. The molecule has 0 aliphatic rings. The molecule has 0 saturated heterocycles. The predicted octanol–water partition coefficient (Wildman–Crippen LogP) is 3.87. The summed E-state index contributed by atoms with van der Waals surface area (Å²) in [4.78, 5) is 0. The molecule has 0 fully saturated rings. The molecule has 0 amide bonds. The lowest BCUT2D eigenvalue weighted by molar-refractivity contribution is 0.171. The first-order valence-corrected chi connectivity index (χ1v) is 7.07. The van der Waals surface area contributed by atoms with Gasteiger partial charge in [0.2, 0.25) is 0 Å². The Labute approximate surface area is 117 Å². The van der Waals surface area contributed by atoms with Gasteiger partial charge >= 0.3 is 0 Å². The van der Waals surface area contributed by atoms with E-state index in [0.717, 1.165) is 24.5 Å². The summed E-state index contributed by atoms with van der Waals surface area (Å²) >= 11 is 0. The van der Waals surface area contributed by atoms with Gasteiger partial charge in [0.1, 0.15) is 5.75 Å². The monoisotopic (exact) mass is 265 g/mol. The third-order valence-corrected chi connectivity index (χ3v) is 3.09. The number of ether oxygens (including phenoxy) is 2. The predicted molar refractivity (Wildman–Crippen MR) is 81.1 cm³/mol. The number of hydrogen-bond acceptors (Lipinski definition) is 3. The quantitative estimate of drug-likeness (QED) is 0.774. The Morgan fingerprint density at radius 1 is 1.26 bits per heavy atom. The molecule has 1 unspecified atom stereocenters. The van der Waals surface area contributed by atoms with Gasteiger partial charge in [0, 0.05) is 7.11 Å². The number of hydrogen-bond donors (Lipinski definition) is 1. The normalized spacial score (nSPS) is 12.5. The fourth-order valence-corrected chi connectivity index (χ4v) is 1.86. The number of aryl methyl sites for hydroxylation is 1. The van der Waals surface area contributed by atoms with Gasteiger partial charge in [0.25, 0.3) is 0 Å². The second-order valence-corrected chi connectivity index (χ2v) is 5.30. The summed E-state index contributed by atoms with van der Waals surface area (Å²) in [5, 5.41) is 3.53. The van der Waals surface area contributed by atoms with Crippen molar-refractivity contribution in [2.24, 2.45) is 5.92 Å². The van der Waals surface area contributed by atoms with Crippen molar-refractivity contribution in [1.82, 2.24) is 0 Å². The zero-order valence-corrected chi connectivity index (χ0v) is 12.8. The van der Waals surface area contributed by atoms with Crippen LogP contribution in [0.3, 0.4) is 0 Å². The van der Waals surface area contributed by atoms with Crippen LogP contribution < -0.4 is 10.1 Å². The minimum atomic E-state index is 0.289. The molecule has 19 heavy (non-hydrogen) atoms. The standard InChI is InChI=1S/C16H27NO2/c1-6-9-19-16-10-13(4)7-8-14(16)17-15(11-18-5)12(2)3/h7-8,10,12,15,17H,6,9,11H2,1-5H3. The van der Waals surface area contributed by atoms with Crippen molar-refractivity contribution in [3.05, 3.63) is 23.8 Å². The third-order valence-electron chi connectivity index (χ3n) is 3.09. The van der Waals surface area contributed by atoms with Crippen LogP contribution in [0.4, 0.5) is 5.69 Å². The SMILES string of the molecule is CCCOc1cc(C)ccc1NC(COC)C(C)C. The fraction of sp³-hybridized carbons (Fsp3) is 0.625. The van der Waals surface area contributed by atoms with E-state index in [4.69, 9.17) is 9.47 Å². The van der Waals surface area contributed by atoms with Crippen molar-refractivity contribution < 1.29 is 9.47 Å². The highest BCUT2D eigenvalue weighted by atomic mass is 16.5. The Hall–Kier alpha value is -1.22. The van der Waals surface area contributed by atoms with Crippen LogP contribution in [0.5, 0.6) is 5.75 Å². The van der Waals surface area contributed by atoms with E-state index in [9.17, 15) is 0 Å². The van der Waals surface area contributed by atoms with Crippen molar-refractivity contribution in [1.29, 1.82) is 0 Å². The first kappa shape index (κ1) is 15.8. The Kier molecular flexibility index (Phi) is 6.71. The van der Waals surface area contributed by atoms with Crippen molar-refractivity contribution in [3.8, 4) is 5.75 Å². The molecule has 0 saturated carbocycles. The third kappa shape index (κ3) is 5.11. The van der Waals surface area contributed by atoms with E-state index in [1.807, 2.05) is 0 Å². The van der Waals surface area contributed by atoms with Gasteiger partial charge in [-0.1, -0.05) is 26.8 Å². The lowest BCUT2D eigenvalue weighted by atomic mass is 10.0. The highest BCUT2D eigenvalue weighted by Gasteiger charge is 2.15. The highest BCUT2D eigenvalue weighted by molar-refractivity contribution is 5.58. The van der Waals surface area contributed by atoms with Crippen LogP contribution in [0.25, 0.3) is 0 Å². The minimum Gasteiger partial charge on any atom is -0.491 e. The zero-order valence-electron chi connectivity index (χ0n) is 12.8. The van der Waals surface area contributed by atoms with E-state index in [2.05, 4.69) is 51.2 Å². The maximum atomic E-state index is 5.82. The molecule has 3 nitrogen and oxygen atoms in total. The number of rotatable bonds is 8. The summed E-state index contributed by atoms with van der Waals surface area (Å²) in [5.41, 5.74) is 2.26. The van der Waals surface area contributed by atoms with Gasteiger partial charge in [-0.3, -0.25) is 0 Å². The highest BCUT2D eigenvalue weighted by Crippen LogP contribution is 2.27. The molecule has 1 aromatic carbocycles. The minimum absolute atomic E-state index is 0.289. The van der Waals surface area contributed by atoms with Crippen molar-refractivity contribution in [2.45, 2.75) is 40.2 Å². The molecule has 0 radical (unpaired) electrons. The molecule has 1 atom stereocenters. The topological polar surface area (TPSA) is 30.5 Å². The van der Waals surface area contributed by atoms with Crippen molar-refractivity contribution in [3.63, 3.8) is 0 Å². The van der Waals surface area contributed by atoms with E-state index < -0.39 is 0 Å². The number of methoxy groups -OCH3 is 1. The van der Waals surface area contributed by atoms with Gasteiger partial charge in [0.05, 0.1) is 24.9 Å². The zero-order chi connectivity index (χ0) is 14.3. The first-order valence-electron chi connectivity index (χ1n) is 7.07. The second-order valence-electron chi connectivity index (χ2n) is 5.30. The molecular formula is C16H27NO2. The largest absolute Gasteiger partial charge is 0.491 e. The molecule has 0 aromatic heterocycles. The molecule has 0 spiro atoms. The number of nitrogens with one attached hydrogen (secondary N) is 1.